The lowest BCUT2D eigenvalue weighted by Crippen LogP contribution is -2.11. The lowest BCUT2D eigenvalue weighted by atomic mass is 10.0. The summed E-state index contributed by atoms with van der Waals surface area (Å²) >= 11 is 5.05. The van der Waals surface area contributed by atoms with Crippen LogP contribution in [0.15, 0.2) is 28.1 Å². The molecule has 1 unspecified atom stereocenters. The molecule has 1 aromatic carbocycles. The summed E-state index contributed by atoms with van der Waals surface area (Å²) in [4.78, 5) is 1.06. The van der Waals surface area contributed by atoms with E-state index >= 15 is 0 Å². The van der Waals surface area contributed by atoms with E-state index in [0.29, 0.717) is 17.2 Å². The number of thiophene rings is 1. The average Bonchev–Trinajstić information content (AvgIpc) is 2.91. The van der Waals surface area contributed by atoms with Gasteiger partial charge in [-0.25, -0.2) is 0 Å². The van der Waals surface area contributed by atoms with Crippen molar-refractivity contribution in [3.05, 3.63) is 38.5 Å². The van der Waals surface area contributed by atoms with Crippen molar-refractivity contribution in [3.63, 3.8) is 0 Å². The Morgan fingerprint density at radius 1 is 1.05 bits per heavy atom. The van der Waals surface area contributed by atoms with Gasteiger partial charge in [-0.2, -0.15) is 0 Å². The molecule has 0 saturated heterocycles. The molecule has 1 aromatic heterocycles. The Labute approximate surface area is 130 Å². The van der Waals surface area contributed by atoms with Crippen molar-refractivity contribution < 1.29 is 14.2 Å². The van der Waals surface area contributed by atoms with Crippen molar-refractivity contribution in [2.75, 3.05) is 21.3 Å². The zero-order valence-corrected chi connectivity index (χ0v) is 13.9. The molecule has 0 bridgehead atoms. The molecule has 1 atom stereocenters. The normalized spacial score (nSPS) is 12.1. The zero-order chi connectivity index (χ0) is 14.7. The Hall–Kier alpha value is -1.24. The van der Waals surface area contributed by atoms with Gasteiger partial charge in [0.25, 0.3) is 0 Å². The summed E-state index contributed by atoms with van der Waals surface area (Å²) in [7, 11) is 4.76. The van der Waals surface area contributed by atoms with Gasteiger partial charge in [-0.05, 0) is 45.8 Å². The van der Waals surface area contributed by atoms with E-state index < -0.39 is 0 Å². The Morgan fingerprint density at radius 2 is 1.65 bits per heavy atom. The van der Waals surface area contributed by atoms with E-state index in [-0.39, 0.29) is 6.04 Å². The minimum absolute atomic E-state index is 0.236. The van der Waals surface area contributed by atoms with Crippen LogP contribution in [-0.2, 0) is 0 Å². The second kappa shape index (κ2) is 6.47. The maximum Gasteiger partial charge on any atom is 0.203 e. The van der Waals surface area contributed by atoms with Crippen LogP contribution < -0.4 is 19.9 Å². The highest BCUT2D eigenvalue weighted by Gasteiger charge is 2.18. The van der Waals surface area contributed by atoms with Crippen molar-refractivity contribution in [2.45, 2.75) is 6.04 Å². The van der Waals surface area contributed by atoms with Crippen LogP contribution in [0.4, 0.5) is 0 Å². The monoisotopic (exact) mass is 357 g/mol. The van der Waals surface area contributed by atoms with Crippen molar-refractivity contribution >= 4 is 27.3 Å². The van der Waals surface area contributed by atoms with Crippen LogP contribution in [0.5, 0.6) is 17.2 Å². The molecule has 0 spiro atoms. The topological polar surface area (TPSA) is 53.7 Å². The van der Waals surface area contributed by atoms with Crippen LogP contribution in [0.25, 0.3) is 0 Å². The molecule has 0 aliphatic heterocycles. The molecule has 20 heavy (non-hydrogen) atoms. The van der Waals surface area contributed by atoms with Crippen molar-refractivity contribution in [1.82, 2.24) is 0 Å². The first-order chi connectivity index (χ1) is 9.60. The molecule has 0 aliphatic rings. The van der Waals surface area contributed by atoms with Gasteiger partial charge in [-0.1, -0.05) is 0 Å². The van der Waals surface area contributed by atoms with Crippen LogP contribution >= 0.6 is 27.3 Å². The van der Waals surface area contributed by atoms with E-state index in [0.717, 1.165) is 14.2 Å². The third-order valence-corrected chi connectivity index (χ3v) is 4.65. The van der Waals surface area contributed by atoms with Gasteiger partial charge in [-0.15, -0.1) is 11.3 Å². The van der Waals surface area contributed by atoms with Crippen LogP contribution in [0.3, 0.4) is 0 Å². The first-order valence-corrected chi connectivity index (χ1v) is 7.52. The molecular weight excluding hydrogens is 342 g/mol. The zero-order valence-electron chi connectivity index (χ0n) is 11.5. The summed E-state index contributed by atoms with van der Waals surface area (Å²) in [6.45, 7) is 0. The molecule has 108 valence electrons. The van der Waals surface area contributed by atoms with Gasteiger partial charge < -0.3 is 19.9 Å². The first-order valence-electron chi connectivity index (χ1n) is 5.91. The van der Waals surface area contributed by atoms with Gasteiger partial charge in [0.15, 0.2) is 11.5 Å². The van der Waals surface area contributed by atoms with E-state index in [1.54, 1.807) is 32.7 Å². The molecule has 6 heteroatoms. The molecule has 2 aromatic rings. The Morgan fingerprint density at radius 3 is 2.05 bits per heavy atom. The van der Waals surface area contributed by atoms with Gasteiger partial charge in [0, 0.05) is 4.88 Å². The molecule has 0 fully saturated rings. The summed E-state index contributed by atoms with van der Waals surface area (Å²) in [6, 6.07) is 7.50. The Kier molecular flexibility index (Phi) is 4.91. The van der Waals surface area contributed by atoms with Gasteiger partial charge >= 0.3 is 0 Å². The lowest BCUT2D eigenvalue weighted by Gasteiger charge is -2.17. The van der Waals surface area contributed by atoms with Gasteiger partial charge in [0.1, 0.15) is 0 Å². The lowest BCUT2D eigenvalue weighted by molar-refractivity contribution is 0.323. The summed E-state index contributed by atoms with van der Waals surface area (Å²) in [6.07, 6.45) is 0. The SMILES string of the molecule is COc1cc(C(N)c2ccc(Br)s2)cc(OC)c1OC. The molecule has 4 nitrogen and oxygen atoms in total. The van der Waals surface area contributed by atoms with E-state index in [9.17, 15) is 0 Å². The minimum atomic E-state index is -0.236. The van der Waals surface area contributed by atoms with Crippen LogP contribution in [-0.4, -0.2) is 21.3 Å². The second-order valence-electron chi connectivity index (χ2n) is 4.08. The summed E-state index contributed by atoms with van der Waals surface area (Å²) in [5.74, 6) is 1.78. The predicted molar refractivity (Wildman–Crippen MR) is 84.1 cm³/mol. The number of rotatable bonds is 5. The molecule has 0 saturated carbocycles. The summed E-state index contributed by atoms with van der Waals surface area (Å²) in [5.41, 5.74) is 7.22. The highest BCUT2D eigenvalue weighted by molar-refractivity contribution is 9.11. The number of methoxy groups -OCH3 is 3. The number of hydrogen-bond acceptors (Lipinski definition) is 5. The fourth-order valence-electron chi connectivity index (χ4n) is 1.94. The Balaban J connectivity index is 2.46. The second-order valence-corrected chi connectivity index (χ2v) is 6.57. The predicted octanol–water partition coefficient (Wildman–Crippen LogP) is 3.58. The van der Waals surface area contributed by atoms with Gasteiger partial charge in [0.05, 0.1) is 31.2 Å². The largest absolute Gasteiger partial charge is 0.493 e. The van der Waals surface area contributed by atoms with Crippen LogP contribution in [0.1, 0.15) is 16.5 Å². The van der Waals surface area contributed by atoms with Crippen LogP contribution in [0, 0.1) is 0 Å². The first kappa shape index (κ1) is 15.2. The fraction of sp³-hybridized carbons (Fsp3) is 0.286. The quantitative estimate of drug-likeness (QED) is 0.888. The minimum Gasteiger partial charge on any atom is -0.493 e. The highest BCUT2D eigenvalue weighted by atomic mass is 79.9. The molecule has 0 aliphatic carbocycles. The number of benzene rings is 1. The van der Waals surface area contributed by atoms with E-state index in [2.05, 4.69) is 15.9 Å². The van der Waals surface area contributed by atoms with Crippen molar-refractivity contribution in [2.24, 2.45) is 5.73 Å². The number of halogens is 1. The van der Waals surface area contributed by atoms with E-state index in [1.807, 2.05) is 24.3 Å². The third-order valence-electron chi connectivity index (χ3n) is 2.95. The third kappa shape index (κ3) is 2.92. The van der Waals surface area contributed by atoms with E-state index in [1.165, 1.54) is 0 Å². The van der Waals surface area contributed by atoms with Gasteiger partial charge in [0.2, 0.25) is 5.75 Å². The van der Waals surface area contributed by atoms with Crippen molar-refractivity contribution in [1.29, 1.82) is 0 Å². The maximum absolute atomic E-state index is 6.31. The summed E-state index contributed by atoms with van der Waals surface area (Å²) in [5, 5.41) is 0. The molecular formula is C14H16BrNO3S. The number of nitrogens with two attached hydrogens (primary N) is 1. The summed E-state index contributed by atoms with van der Waals surface area (Å²) < 4.78 is 17.0. The molecule has 1 heterocycles. The van der Waals surface area contributed by atoms with E-state index in [4.69, 9.17) is 19.9 Å². The Bertz CT molecular complexity index is 575. The number of hydrogen-bond donors (Lipinski definition) is 1. The number of ether oxygens (including phenoxy) is 3. The molecule has 2 rings (SSSR count). The van der Waals surface area contributed by atoms with Crippen LogP contribution in [0.2, 0.25) is 0 Å². The fourth-order valence-corrected chi connectivity index (χ4v) is 3.39. The molecule has 2 N–H and O–H groups in total. The standard InChI is InChI=1S/C14H16BrNO3S/c1-17-9-6-8(7-10(18-2)14(9)19-3)13(16)11-4-5-12(15)20-11/h4-7,13H,16H2,1-3H3. The highest BCUT2D eigenvalue weighted by Crippen LogP contribution is 2.41. The molecule has 0 amide bonds. The molecule has 0 radical (unpaired) electrons. The maximum atomic E-state index is 6.31. The average molecular weight is 358 g/mol. The smallest absolute Gasteiger partial charge is 0.203 e. The van der Waals surface area contributed by atoms with Crippen molar-refractivity contribution in [3.8, 4) is 17.2 Å². The van der Waals surface area contributed by atoms with Gasteiger partial charge in [-0.3, -0.25) is 0 Å².